The van der Waals surface area contributed by atoms with Crippen molar-refractivity contribution < 1.29 is 9.53 Å². The molecule has 2 heterocycles. The van der Waals surface area contributed by atoms with Crippen LogP contribution in [0.25, 0.3) is 20.9 Å². The molecule has 0 spiro atoms. The van der Waals surface area contributed by atoms with Crippen molar-refractivity contribution in [3.05, 3.63) is 71.4 Å². The number of nitrogens with one attached hydrogen (secondary N) is 1. The van der Waals surface area contributed by atoms with Crippen LogP contribution < -0.4 is 10.1 Å². The van der Waals surface area contributed by atoms with E-state index in [1.54, 1.807) is 55.6 Å². The number of carbonyl (C=O) groups excluding carboxylic acids is 1. The number of nitrogens with zero attached hydrogens (tertiary/aromatic N) is 2. The Kier molecular flexibility index (Phi) is 5.45. The molecule has 0 radical (unpaired) electrons. The molecule has 4 rings (SSSR count). The van der Waals surface area contributed by atoms with Gasteiger partial charge in [-0.3, -0.25) is 4.79 Å². The molecule has 0 unspecified atom stereocenters. The van der Waals surface area contributed by atoms with Crippen molar-refractivity contribution in [3.8, 4) is 16.3 Å². The molecular weight excluding hydrogens is 418 g/mol. The van der Waals surface area contributed by atoms with E-state index < -0.39 is 5.60 Å². The van der Waals surface area contributed by atoms with Gasteiger partial charge in [-0.2, -0.15) is 0 Å². The zero-order chi connectivity index (χ0) is 21.3. The smallest absolute Gasteiger partial charge is 0.267 e. The van der Waals surface area contributed by atoms with Gasteiger partial charge < -0.3 is 10.1 Å². The number of aryl methyl sites for hydroxylation is 1. The summed E-state index contributed by atoms with van der Waals surface area (Å²) in [7, 11) is 0. The maximum Gasteiger partial charge on any atom is 0.267 e. The van der Waals surface area contributed by atoms with Gasteiger partial charge in [-0.25, -0.2) is 9.97 Å². The van der Waals surface area contributed by atoms with Crippen molar-refractivity contribution >= 4 is 44.9 Å². The normalized spacial score (nSPS) is 11.5. The Bertz CT molecular complexity index is 1190. The second-order valence-corrected chi connectivity index (χ2v) is 8.81. The summed E-state index contributed by atoms with van der Waals surface area (Å²) in [5.74, 6) is 0.341. The number of fused-ring (bicyclic) bond motifs is 1. The van der Waals surface area contributed by atoms with E-state index >= 15 is 0 Å². The van der Waals surface area contributed by atoms with Gasteiger partial charge in [-0.1, -0.05) is 22.9 Å². The quantitative estimate of drug-likeness (QED) is 0.408. The van der Waals surface area contributed by atoms with Gasteiger partial charge in [0.2, 0.25) is 0 Å². The molecule has 30 heavy (non-hydrogen) atoms. The van der Waals surface area contributed by atoms with Crippen LogP contribution in [0.1, 0.15) is 19.4 Å². The molecule has 0 atom stereocenters. The van der Waals surface area contributed by atoms with E-state index in [0.717, 1.165) is 32.2 Å². The van der Waals surface area contributed by atoms with Gasteiger partial charge in [-0.15, -0.1) is 0 Å². The van der Waals surface area contributed by atoms with Crippen LogP contribution in [0.4, 0.5) is 5.69 Å². The minimum atomic E-state index is -1.06. The summed E-state index contributed by atoms with van der Waals surface area (Å²) in [4.78, 5) is 22.8. The average Bonchev–Trinajstić information content (AvgIpc) is 3.15. The lowest BCUT2D eigenvalue weighted by molar-refractivity contribution is -0.128. The highest BCUT2D eigenvalue weighted by Crippen LogP contribution is 2.31. The van der Waals surface area contributed by atoms with E-state index in [-0.39, 0.29) is 5.91 Å². The van der Waals surface area contributed by atoms with Gasteiger partial charge in [0.05, 0.1) is 0 Å². The first kappa shape index (κ1) is 20.3. The van der Waals surface area contributed by atoms with E-state index in [2.05, 4.69) is 15.3 Å². The van der Waals surface area contributed by atoms with Gasteiger partial charge in [0.1, 0.15) is 21.1 Å². The molecule has 1 amide bonds. The van der Waals surface area contributed by atoms with Crippen molar-refractivity contribution in [3.63, 3.8) is 0 Å². The number of rotatable bonds is 5. The topological polar surface area (TPSA) is 64.1 Å². The van der Waals surface area contributed by atoms with Crippen LogP contribution in [-0.2, 0) is 4.79 Å². The third kappa shape index (κ3) is 4.30. The summed E-state index contributed by atoms with van der Waals surface area (Å²) in [5, 5.41) is 4.48. The number of halogens is 1. The predicted octanol–water partition coefficient (Wildman–Crippen LogP) is 6.12. The second-order valence-electron chi connectivity index (χ2n) is 7.40. The minimum absolute atomic E-state index is 0.238. The molecule has 0 aliphatic carbocycles. The maximum absolute atomic E-state index is 12.8. The van der Waals surface area contributed by atoms with Gasteiger partial charge in [0.25, 0.3) is 5.91 Å². The Morgan fingerprint density at radius 2 is 1.90 bits per heavy atom. The number of thiazole rings is 1. The van der Waals surface area contributed by atoms with Gasteiger partial charge in [0, 0.05) is 22.5 Å². The van der Waals surface area contributed by atoms with E-state index in [1.807, 2.05) is 37.3 Å². The van der Waals surface area contributed by atoms with Crippen molar-refractivity contribution in [2.75, 3.05) is 5.32 Å². The third-order valence-electron chi connectivity index (χ3n) is 4.62. The lowest BCUT2D eigenvalue weighted by atomic mass is 10.1. The van der Waals surface area contributed by atoms with Crippen LogP contribution in [0.3, 0.4) is 0 Å². The second kappa shape index (κ2) is 8.05. The number of aromatic nitrogens is 2. The fraction of sp³-hybridized carbons (Fsp3) is 0.174. The first-order valence-corrected chi connectivity index (χ1v) is 10.6. The van der Waals surface area contributed by atoms with Crippen molar-refractivity contribution in [2.24, 2.45) is 0 Å². The molecule has 152 valence electrons. The first-order valence-electron chi connectivity index (χ1n) is 9.40. The van der Waals surface area contributed by atoms with E-state index in [9.17, 15) is 4.79 Å². The minimum Gasteiger partial charge on any atom is -0.478 e. The van der Waals surface area contributed by atoms with Gasteiger partial charge in [0.15, 0.2) is 5.60 Å². The molecule has 0 fully saturated rings. The summed E-state index contributed by atoms with van der Waals surface area (Å²) in [6.07, 6.45) is 1.77. The number of carbonyl (C=O) groups is 1. The lowest BCUT2D eigenvalue weighted by Crippen LogP contribution is -2.42. The predicted molar refractivity (Wildman–Crippen MR) is 122 cm³/mol. The molecule has 2 aromatic heterocycles. The molecule has 0 aliphatic heterocycles. The van der Waals surface area contributed by atoms with Crippen molar-refractivity contribution in [2.45, 2.75) is 26.4 Å². The van der Waals surface area contributed by atoms with E-state index in [4.69, 9.17) is 16.3 Å². The largest absolute Gasteiger partial charge is 0.478 e. The number of anilines is 1. The average molecular weight is 438 g/mol. The molecule has 4 aromatic rings. The molecule has 2 aromatic carbocycles. The first-order chi connectivity index (χ1) is 14.3. The van der Waals surface area contributed by atoms with Crippen LogP contribution in [0, 0.1) is 6.92 Å². The summed E-state index contributed by atoms with van der Waals surface area (Å²) < 4.78 is 5.87. The summed E-state index contributed by atoms with van der Waals surface area (Å²) in [5.41, 5.74) is 2.49. The highest BCUT2D eigenvalue weighted by atomic mass is 35.5. The lowest BCUT2D eigenvalue weighted by Gasteiger charge is -2.25. The fourth-order valence-electron chi connectivity index (χ4n) is 2.95. The number of benzene rings is 2. The number of amides is 1. The van der Waals surface area contributed by atoms with Crippen LogP contribution >= 0.6 is 22.9 Å². The van der Waals surface area contributed by atoms with E-state index in [1.165, 1.54) is 0 Å². The monoisotopic (exact) mass is 437 g/mol. The third-order valence-corrected chi connectivity index (χ3v) is 5.90. The van der Waals surface area contributed by atoms with Crippen LogP contribution in [0.5, 0.6) is 5.75 Å². The maximum atomic E-state index is 12.8. The number of pyridine rings is 1. The highest BCUT2D eigenvalue weighted by Gasteiger charge is 2.30. The summed E-state index contributed by atoms with van der Waals surface area (Å²) in [6, 6.07) is 16.6. The van der Waals surface area contributed by atoms with Crippen LogP contribution in [0.15, 0.2) is 60.8 Å². The molecule has 0 aliphatic rings. The zero-order valence-electron chi connectivity index (χ0n) is 16.8. The van der Waals surface area contributed by atoms with Crippen molar-refractivity contribution in [1.82, 2.24) is 9.97 Å². The Morgan fingerprint density at radius 1 is 1.13 bits per heavy atom. The van der Waals surface area contributed by atoms with E-state index in [0.29, 0.717) is 10.8 Å². The highest BCUT2D eigenvalue weighted by molar-refractivity contribution is 7.21. The number of hydrogen-bond acceptors (Lipinski definition) is 5. The molecule has 0 saturated heterocycles. The fourth-order valence-corrected chi connectivity index (χ4v) is 3.98. The molecule has 7 heteroatoms. The SMILES string of the molecule is Cc1cc(-c2nc3cccnc3s2)ccc1NC(=O)C(C)(C)Oc1ccc(Cl)cc1. The Hall–Kier alpha value is -2.96. The molecular formula is C23H20ClN3O2S. The Balaban J connectivity index is 1.51. The molecule has 0 saturated carbocycles. The Labute approximate surface area is 183 Å². The van der Waals surface area contributed by atoms with Gasteiger partial charge in [-0.05, 0) is 80.9 Å². The zero-order valence-corrected chi connectivity index (χ0v) is 18.3. The Morgan fingerprint density at radius 3 is 2.60 bits per heavy atom. The number of ether oxygens (including phenoxy) is 1. The van der Waals surface area contributed by atoms with Crippen LogP contribution in [0.2, 0.25) is 5.02 Å². The molecule has 5 nitrogen and oxygen atoms in total. The van der Waals surface area contributed by atoms with Crippen molar-refractivity contribution in [1.29, 1.82) is 0 Å². The summed E-state index contributed by atoms with van der Waals surface area (Å²) in [6.45, 7) is 5.42. The number of hydrogen-bond donors (Lipinski definition) is 1. The standard InChI is InChI=1S/C23H20ClN3O2S/c1-14-13-15(20-26-19-5-4-12-25-21(19)30-20)6-11-18(14)27-22(28)23(2,3)29-17-9-7-16(24)8-10-17/h4-13H,1-3H3,(H,27,28). The van der Waals surface area contributed by atoms with Crippen LogP contribution in [-0.4, -0.2) is 21.5 Å². The summed E-state index contributed by atoms with van der Waals surface area (Å²) >= 11 is 7.45. The van der Waals surface area contributed by atoms with Gasteiger partial charge >= 0.3 is 0 Å². The molecule has 0 bridgehead atoms. The molecule has 1 N–H and O–H groups in total.